The van der Waals surface area contributed by atoms with E-state index in [1.165, 1.54) is 12.0 Å². The maximum Gasteiger partial charge on any atom is 0.120 e. The molecular formula is C17H23N3. The normalized spacial score (nSPS) is 24.0. The number of hydrogen-bond acceptors (Lipinski definition) is 2. The standard InChI is InChI=1S/C17H23N3/c1-16(2)12-17(16,14-7-5-4-6-8-14)13-20(3)11-15-18-9-10-19-15/h4-10H,11-13H2,1-3H3,(H,18,19). The summed E-state index contributed by atoms with van der Waals surface area (Å²) in [5.41, 5.74) is 2.14. The molecule has 1 unspecified atom stereocenters. The SMILES string of the molecule is CN(Cc1ncc[nH]1)CC1(c2ccccc2)CC1(C)C. The van der Waals surface area contributed by atoms with Gasteiger partial charge in [-0.25, -0.2) is 4.98 Å². The van der Waals surface area contributed by atoms with Crippen molar-refractivity contribution in [2.45, 2.75) is 32.2 Å². The Balaban J connectivity index is 1.76. The van der Waals surface area contributed by atoms with Crippen LogP contribution in [0.3, 0.4) is 0 Å². The van der Waals surface area contributed by atoms with Gasteiger partial charge < -0.3 is 4.98 Å². The van der Waals surface area contributed by atoms with Gasteiger partial charge in [0.25, 0.3) is 0 Å². The minimum absolute atomic E-state index is 0.287. The Morgan fingerprint density at radius 1 is 1.25 bits per heavy atom. The second kappa shape index (κ2) is 4.74. The zero-order chi connectivity index (χ0) is 14.2. The third-order valence-corrected chi connectivity index (χ3v) is 4.75. The highest BCUT2D eigenvalue weighted by molar-refractivity contribution is 5.37. The van der Waals surface area contributed by atoms with E-state index in [0.717, 1.165) is 18.9 Å². The monoisotopic (exact) mass is 269 g/mol. The van der Waals surface area contributed by atoms with Crippen molar-refractivity contribution in [2.75, 3.05) is 13.6 Å². The van der Waals surface area contributed by atoms with Crippen LogP contribution >= 0.6 is 0 Å². The second-order valence-corrected chi connectivity index (χ2v) is 6.72. The van der Waals surface area contributed by atoms with E-state index >= 15 is 0 Å². The zero-order valence-electron chi connectivity index (χ0n) is 12.6. The van der Waals surface area contributed by atoms with Gasteiger partial charge in [-0.15, -0.1) is 0 Å². The first kappa shape index (κ1) is 13.4. The molecule has 0 amide bonds. The van der Waals surface area contributed by atoms with Gasteiger partial charge >= 0.3 is 0 Å². The summed E-state index contributed by atoms with van der Waals surface area (Å²) >= 11 is 0. The van der Waals surface area contributed by atoms with Gasteiger partial charge in [0.15, 0.2) is 0 Å². The molecule has 1 N–H and O–H groups in total. The molecule has 1 aromatic carbocycles. The van der Waals surface area contributed by atoms with Crippen LogP contribution in [0.4, 0.5) is 0 Å². The van der Waals surface area contributed by atoms with Crippen LogP contribution in [0.5, 0.6) is 0 Å². The fraction of sp³-hybridized carbons (Fsp3) is 0.471. The number of imidazole rings is 1. The van der Waals surface area contributed by atoms with Crippen LogP contribution < -0.4 is 0 Å². The zero-order valence-corrected chi connectivity index (χ0v) is 12.6. The first-order valence-corrected chi connectivity index (χ1v) is 7.26. The molecule has 3 heteroatoms. The van der Waals surface area contributed by atoms with Crippen molar-refractivity contribution in [2.24, 2.45) is 5.41 Å². The molecule has 0 spiro atoms. The fourth-order valence-corrected chi connectivity index (χ4v) is 3.48. The largest absolute Gasteiger partial charge is 0.348 e. The second-order valence-electron chi connectivity index (χ2n) is 6.72. The Labute approximate surface area is 121 Å². The fourth-order valence-electron chi connectivity index (χ4n) is 3.48. The predicted molar refractivity (Wildman–Crippen MR) is 81.4 cm³/mol. The summed E-state index contributed by atoms with van der Waals surface area (Å²) in [6.45, 7) is 6.70. The predicted octanol–water partition coefficient (Wildman–Crippen LogP) is 3.21. The molecule has 0 saturated heterocycles. The van der Waals surface area contributed by atoms with Crippen molar-refractivity contribution in [3.63, 3.8) is 0 Å². The molecule has 3 rings (SSSR count). The van der Waals surface area contributed by atoms with E-state index < -0.39 is 0 Å². The summed E-state index contributed by atoms with van der Waals surface area (Å²) in [6.07, 6.45) is 4.96. The van der Waals surface area contributed by atoms with Gasteiger partial charge in [-0.05, 0) is 24.4 Å². The van der Waals surface area contributed by atoms with Gasteiger partial charge in [-0.1, -0.05) is 44.2 Å². The smallest absolute Gasteiger partial charge is 0.120 e. The van der Waals surface area contributed by atoms with Crippen LogP contribution in [0.15, 0.2) is 42.7 Å². The molecule has 1 aliphatic rings. The van der Waals surface area contributed by atoms with Gasteiger partial charge in [-0.2, -0.15) is 0 Å². The summed E-state index contributed by atoms with van der Waals surface area (Å²) in [7, 11) is 2.18. The quantitative estimate of drug-likeness (QED) is 0.904. The van der Waals surface area contributed by atoms with Crippen LogP contribution in [0, 0.1) is 5.41 Å². The van der Waals surface area contributed by atoms with Gasteiger partial charge in [0.1, 0.15) is 5.82 Å². The molecule has 20 heavy (non-hydrogen) atoms. The molecule has 1 aliphatic carbocycles. The molecule has 0 bridgehead atoms. The first-order valence-electron chi connectivity index (χ1n) is 7.26. The summed E-state index contributed by atoms with van der Waals surface area (Å²) in [4.78, 5) is 9.88. The topological polar surface area (TPSA) is 31.9 Å². The van der Waals surface area contributed by atoms with E-state index in [1.54, 1.807) is 0 Å². The van der Waals surface area contributed by atoms with Crippen LogP contribution in [-0.2, 0) is 12.0 Å². The lowest BCUT2D eigenvalue weighted by Gasteiger charge is -2.27. The van der Waals surface area contributed by atoms with Gasteiger partial charge in [-0.3, -0.25) is 4.90 Å². The van der Waals surface area contributed by atoms with Crippen molar-refractivity contribution in [3.05, 3.63) is 54.1 Å². The maximum absolute atomic E-state index is 4.32. The molecule has 1 atom stereocenters. The molecule has 1 saturated carbocycles. The molecule has 2 aromatic rings. The van der Waals surface area contributed by atoms with Crippen molar-refractivity contribution in [3.8, 4) is 0 Å². The number of aromatic amines is 1. The van der Waals surface area contributed by atoms with E-state index in [-0.39, 0.29) is 5.41 Å². The molecular weight excluding hydrogens is 246 g/mol. The Morgan fingerprint density at radius 3 is 2.50 bits per heavy atom. The molecule has 1 fully saturated rings. The van der Waals surface area contributed by atoms with Crippen molar-refractivity contribution < 1.29 is 0 Å². The molecule has 1 heterocycles. The summed E-state index contributed by atoms with van der Waals surface area (Å²) in [5, 5.41) is 0. The van der Waals surface area contributed by atoms with Crippen LogP contribution in [0.1, 0.15) is 31.7 Å². The molecule has 106 valence electrons. The number of H-pyrrole nitrogens is 1. The van der Waals surface area contributed by atoms with Gasteiger partial charge in [0, 0.05) is 24.4 Å². The lowest BCUT2D eigenvalue weighted by Crippen LogP contribution is -2.32. The van der Waals surface area contributed by atoms with E-state index in [0.29, 0.717) is 5.41 Å². The van der Waals surface area contributed by atoms with E-state index in [4.69, 9.17) is 0 Å². The number of benzene rings is 1. The van der Waals surface area contributed by atoms with E-state index in [1.807, 2.05) is 12.4 Å². The number of nitrogens with one attached hydrogen (secondary N) is 1. The van der Waals surface area contributed by atoms with Crippen LogP contribution in [0.25, 0.3) is 0 Å². The number of rotatable bonds is 5. The van der Waals surface area contributed by atoms with Gasteiger partial charge in [0.05, 0.1) is 6.54 Å². The Hall–Kier alpha value is -1.61. The highest BCUT2D eigenvalue weighted by atomic mass is 15.1. The van der Waals surface area contributed by atoms with E-state index in [9.17, 15) is 0 Å². The minimum atomic E-state index is 0.287. The molecule has 1 aromatic heterocycles. The highest BCUT2D eigenvalue weighted by Gasteiger charge is 2.61. The van der Waals surface area contributed by atoms with Gasteiger partial charge in [0.2, 0.25) is 0 Å². The Kier molecular flexibility index (Phi) is 3.17. The maximum atomic E-state index is 4.32. The average Bonchev–Trinajstić information content (AvgIpc) is 2.79. The number of aromatic nitrogens is 2. The number of nitrogens with zero attached hydrogens (tertiary/aromatic N) is 2. The Morgan fingerprint density at radius 2 is 1.95 bits per heavy atom. The first-order chi connectivity index (χ1) is 9.53. The number of likely N-dealkylation sites (N-methyl/N-ethyl adjacent to an activating group) is 1. The number of hydrogen-bond donors (Lipinski definition) is 1. The minimum Gasteiger partial charge on any atom is -0.348 e. The molecule has 3 nitrogen and oxygen atoms in total. The highest BCUT2D eigenvalue weighted by Crippen LogP contribution is 2.64. The lowest BCUT2D eigenvalue weighted by molar-refractivity contribution is 0.266. The third-order valence-electron chi connectivity index (χ3n) is 4.75. The summed E-state index contributed by atoms with van der Waals surface area (Å²) < 4.78 is 0. The Bertz CT molecular complexity index is 559. The van der Waals surface area contributed by atoms with E-state index in [2.05, 4.69) is 66.1 Å². The molecule has 0 aliphatic heterocycles. The van der Waals surface area contributed by atoms with Crippen molar-refractivity contribution in [1.29, 1.82) is 0 Å². The van der Waals surface area contributed by atoms with Crippen molar-refractivity contribution >= 4 is 0 Å². The third kappa shape index (κ3) is 2.27. The van der Waals surface area contributed by atoms with Crippen LogP contribution in [-0.4, -0.2) is 28.5 Å². The lowest BCUT2D eigenvalue weighted by atomic mass is 9.87. The summed E-state index contributed by atoms with van der Waals surface area (Å²) in [5.74, 6) is 1.04. The summed E-state index contributed by atoms with van der Waals surface area (Å²) in [6, 6.07) is 10.9. The van der Waals surface area contributed by atoms with Crippen molar-refractivity contribution in [1.82, 2.24) is 14.9 Å². The average molecular weight is 269 g/mol. The van der Waals surface area contributed by atoms with Crippen LogP contribution in [0.2, 0.25) is 0 Å². The molecule has 0 radical (unpaired) electrons.